The number of amides is 2. The van der Waals surface area contributed by atoms with Crippen molar-refractivity contribution in [2.45, 2.75) is 25.3 Å². The quantitative estimate of drug-likeness (QED) is 0.353. The summed E-state index contributed by atoms with van der Waals surface area (Å²) >= 11 is 3.42. The average Bonchev–Trinajstić information content (AvgIpc) is 2.84. The van der Waals surface area contributed by atoms with E-state index in [9.17, 15) is 14.4 Å². The third kappa shape index (κ3) is 7.30. The molecule has 3 rings (SSSR count). The Morgan fingerprint density at radius 2 is 1.91 bits per heavy atom. The van der Waals surface area contributed by atoms with Crippen LogP contribution in [-0.4, -0.2) is 68.7 Å². The Kier molecular flexibility index (Phi) is 9.90. The lowest BCUT2D eigenvalue weighted by molar-refractivity contribution is -0.147. The molecule has 0 bridgehead atoms. The summed E-state index contributed by atoms with van der Waals surface area (Å²) < 4.78 is 16.5. The van der Waals surface area contributed by atoms with E-state index < -0.39 is 12.0 Å². The van der Waals surface area contributed by atoms with E-state index in [1.807, 2.05) is 30.3 Å². The van der Waals surface area contributed by atoms with Crippen LogP contribution >= 0.6 is 15.9 Å². The van der Waals surface area contributed by atoms with Crippen LogP contribution in [0.1, 0.15) is 28.8 Å². The highest BCUT2D eigenvalue weighted by Gasteiger charge is 2.35. The van der Waals surface area contributed by atoms with E-state index in [0.29, 0.717) is 48.5 Å². The van der Waals surface area contributed by atoms with Gasteiger partial charge in [-0.3, -0.25) is 14.4 Å². The van der Waals surface area contributed by atoms with Gasteiger partial charge in [0.2, 0.25) is 5.91 Å². The van der Waals surface area contributed by atoms with E-state index in [0.717, 1.165) is 6.42 Å². The molecule has 2 amide bonds. The van der Waals surface area contributed by atoms with Crippen molar-refractivity contribution >= 4 is 33.7 Å². The standard InChI is InChI=1S/C25H29BrN2O6/c1-32-14-15-33-22-10-9-19(16-20(22)26)25(31)28-12-11-27-24(30)21(28)17-23(29)34-13-5-8-18-6-3-2-4-7-18/h2-4,6-7,9-10,16,21H,5,8,11-15,17H2,1H3,(H,27,30). The minimum atomic E-state index is -0.917. The van der Waals surface area contributed by atoms with Gasteiger partial charge in [0, 0.05) is 25.8 Å². The molecule has 1 atom stereocenters. The van der Waals surface area contributed by atoms with Crippen molar-refractivity contribution in [3.63, 3.8) is 0 Å². The number of nitrogens with one attached hydrogen (secondary N) is 1. The number of aryl methyl sites for hydroxylation is 1. The fourth-order valence-corrected chi connectivity index (χ4v) is 4.13. The molecule has 8 nitrogen and oxygen atoms in total. The van der Waals surface area contributed by atoms with Crippen LogP contribution in [0.5, 0.6) is 5.75 Å². The zero-order chi connectivity index (χ0) is 24.3. The maximum Gasteiger partial charge on any atom is 0.308 e. The summed E-state index contributed by atoms with van der Waals surface area (Å²) in [6.45, 7) is 1.71. The summed E-state index contributed by atoms with van der Waals surface area (Å²) in [6, 6.07) is 14.0. The van der Waals surface area contributed by atoms with Gasteiger partial charge >= 0.3 is 5.97 Å². The number of carbonyl (C=O) groups excluding carboxylic acids is 3. The Labute approximate surface area is 207 Å². The largest absolute Gasteiger partial charge is 0.490 e. The molecule has 0 aromatic heterocycles. The first kappa shape index (κ1) is 25.7. The predicted molar refractivity (Wildman–Crippen MR) is 130 cm³/mol. The first-order chi connectivity index (χ1) is 16.5. The van der Waals surface area contributed by atoms with Crippen molar-refractivity contribution in [2.75, 3.05) is 40.0 Å². The molecule has 1 aliphatic heterocycles. The van der Waals surface area contributed by atoms with Gasteiger partial charge in [-0.25, -0.2) is 0 Å². The van der Waals surface area contributed by atoms with Gasteiger partial charge in [-0.05, 0) is 52.5 Å². The highest BCUT2D eigenvalue weighted by molar-refractivity contribution is 9.10. The average molecular weight is 533 g/mol. The zero-order valence-electron chi connectivity index (χ0n) is 19.1. The van der Waals surface area contributed by atoms with Crippen molar-refractivity contribution in [1.29, 1.82) is 0 Å². The first-order valence-electron chi connectivity index (χ1n) is 11.2. The van der Waals surface area contributed by atoms with E-state index in [1.165, 1.54) is 10.5 Å². The lowest BCUT2D eigenvalue weighted by atomic mass is 10.1. The molecule has 1 aliphatic rings. The second-order valence-corrected chi connectivity index (χ2v) is 8.66. The molecule has 1 unspecified atom stereocenters. The molecule has 0 saturated carbocycles. The molecule has 1 fully saturated rings. The van der Waals surface area contributed by atoms with Crippen LogP contribution < -0.4 is 10.1 Å². The summed E-state index contributed by atoms with van der Waals surface area (Å²) in [6.07, 6.45) is 1.28. The van der Waals surface area contributed by atoms with Crippen LogP contribution in [0.2, 0.25) is 0 Å². The Morgan fingerprint density at radius 1 is 1.12 bits per heavy atom. The number of piperazine rings is 1. The van der Waals surface area contributed by atoms with Gasteiger partial charge in [0.25, 0.3) is 5.91 Å². The molecule has 1 heterocycles. The number of halogens is 1. The Balaban J connectivity index is 1.57. The molecule has 2 aromatic rings. The molecule has 1 saturated heterocycles. The summed E-state index contributed by atoms with van der Waals surface area (Å²) in [5.74, 6) is -0.614. The van der Waals surface area contributed by atoms with E-state index in [-0.39, 0.29) is 24.8 Å². The molecule has 0 spiro atoms. The number of esters is 1. The minimum absolute atomic E-state index is 0.192. The van der Waals surface area contributed by atoms with Crippen LogP contribution in [0.3, 0.4) is 0 Å². The maximum absolute atomic E-state index is 13.2. The van der Waals surface area contributed by atoms with Gasteiger partial charge in [-0.1, -0.05) is 30.3 Å². The van der Waals surface area contributed by atoms with Crippen LogP contribution in [0.15, 0.2) is 53.0 Å². The molecule has 34 heavy (non-hydrogen) atoms. The van der Waals surface area contributed by atoms with Gasteiger partial charge in [-0.15, -0.1) is 0 Å². The Bertz CT molecular complexity index is 985. The van der Waals surface area contributed by atoms with E-state index in [2.05, 4.69) is 21.2 Å². The lowest BCUT2D eigenvalue weighted by Gasteiger charge is -2.34. The third-order valence-corrected chi connectivity index (χ3v) is 6.01. The van der Waals surface area contributed by atoms with Gasteiger partial charge < -0.3 is 24.4 Å². The number of hydrogen-bond acceptors (Lipinski definition) is 6. The summed E-state index contributed by atoms with van der Waals surface area (Å²) in [7, 11) is 1.59. The topological polar surface area (TPSA) is 94.2 Å². The van der Waals surface area contributed by atoms with Crippen molar-refractivity contribution in [2.24, 2.45) is 0 Å². The molecule has 0 radical (unpaired) electrons. The number of hydrogen-bond donors (Lipinski definition) is 1. The number of rotatable bonds is 11. The van der Waals surface area contributed by atoms with Crippen LogP contribution in [0.4, 0.5) is 0 Å². The SMILES string of the molecule is COCCOc1ccc(C(=O)N2CCNC(=O)C2CC(=O)OCCCc2ccccc2)cc1Br. The Hall–Kier alpha value is -2.91. The first-order valence-corrected chi connectivity index (χ1v) is 12.0. The minimum Gasteiger partial charge on any atom is -0.490 e. The van der Waals surface area contributed by atoms with E-state index in [1.54, 1.807) is 25.3 Å². The van der Waals surface area contributed by atoms with E-state index >= 15 is 0 Å². The zero-order valence-corrected chi connectivity index (χ0v) is 20.7. The van der Waals surface area contributed by atoms with Crippen molar-refractivity contribution in [3.8, 4) is 5.75 Å². The normalized spacial score (nSPS) is 15.5. The van der Waals surface area contributed by atoms with Crippen LogP contribution in [0, 0.1) is 0 Å². The molecule has 9 heteroatoms. The van der Waals surface area contributed by atoms with Gasteiger partial charge in [0.05, 0.1) is 24.1 Å². The van der Waals surface area contributed by atoms with Gasteiger partial charge in [0.15, 0.2) is 0 Å². The summed E-state index contributed by atoms with van der Waals surface area (Å²) in [5.41, 5.74) is 1.56. The second-order valence-electron chi connectivity index (χ2n) is 7.81. The monoisotopic (exact) mass is 532 g/mol. The highest BCUT2D eigenvalue weighted by atomic mass is 79.9. The summed E-state index contributed by atoms with van der Waals surface area (Å²) in [4.78, 5) is 39.5. The molecule has 0 aliphatic carbocycles. The molecule has 1 N–H and O–H groups in total. The molecular weight excluding hydrogens is 504 g/mol. The number of methoxy groups -OCH3 is 1. The van der Waals surface area contributed by atoms with E-state index in [4.69, 9.17) is 14.2 Å². The van der Waals surface area contributed by atoms with Crippen molar-refractivity contribution in [3.05, 3.63) is 64.1 Å². The van der Waals surface area contributed by atoms with Crippen LogP contribution in [-0.2, 0) is 25.5 Å². The van der Waals surface area contributed by atoms with Crippen LogP contribution in [0.25, 0.3) is 0 Å². The number of ether oxygens (including phenoxy) is 3. The number of benzene rings is 2. The van der Waals surface area contributed by atoms with Crippen molar-refractivity contribution in [1.82, 2.24) is 10.2 Å². The Morgan fingerprint density at radius 3 is 2.65 bits per heavy atom. The maximum atomic E-state index is 13.2. The molecule has 182 valence electrons. The second kappa shape index (κ2) is 13.1. The summed E-state index contributed by atoms with van der Waals surface area (Å²) in [5, 5.41) is 2.73. The predicted octanol–water partition coefficient (Wildman–Crippen LogP) is 2.98. The molecular formula is C25H29BrN2O6. The fourth-order valence-electron chi connectivity index (χ4n) is 3.64. The smallest absolute Gasteiger partial charge is 0.308 e. The fraction of sp³-hybridized carbons (Fsp3) is 0.400. The van der Waals surface area contributed by atoms with Gasteiger partial charge in [0.1, 0.15) is 18.4 Å². The number of carbonyl (C=O) groups is 3. The highest BCUT2D eigenvalue weighted by Crippen LogP contribution is 2.27. The van der Waals surface area contributed by atoms with Gasteiger partial charge in [-0.2, -0.15) is 0 Å². The molecule has 2 aromatic carbocycles. The number of nitrogens with zero attached hydrogens (tertiary/aromatic N) is 1. The third-order valence-electron chi connectivity index (χ3n) is 5.39. The van der Waals surface area contributed by atoms with Crippen molar-refractivity contribution < 1.29 is 28.6 Å². The lowest BCUT2D eigenvalue weighted by Crippen LogP contribution is -2.57.